The Morgan fingerprint density at radius 3 is 1.96 bits per heavy atom. The van der Waals surface area contributed by atoms with Gasteiger partial charge in [-0.1, -0.05) is 44.0 Å². The smallest absolute Gasteiger partial charge is 0.292 e. The predicted octanol–water partition coefficient (Wildman–Crippen LogP) is 4.36. The van der Waals surface area contributed by atoms with Crippen molar-refractivity contribution >= 4 is 71.1 Å². The van der Waals surface area contributed by atoms with Gasteiger partial charge in [0.2, 0.25) is 0 Å². The molecule has 0 atom stereocenters. The van der Waals surface area contributed by atoms with Gasteiger partial charge in [-0.3, -0.25) is 14.4 Å². The van der Waals surface area contributed by atoms with Crippen LogP contribution in [0.25, 0.3) is 21.8 Å². The molecular formula is C20H13Br2N3O3. The molecule has 0 saturated carbocycles. The first-order valence-electron chi connectivity index (χ1n) is 8.33. The van der Waals surface area contributed by atoms with E-state index >= 15 is 0 Å². The van der Waals surface area contributed by atoms with Crippen molar-refractivity contribution in [3.63, 3.8) is 0 Å². The zero-order valence-electron chi connectivity index (χ0n) is 14.3. The van der Waals surface area contributed by atoms with Crippen LogP contribution in [0, 0.1) is 0 Å². The summed E-state index contributed by atoms with van der Waals surface area (Å²) in [5, 5.41) is 3.84. The van der Waals surface area contributed by atoms with Crippen molar-refractivity contribution in [3.8, 4) is 0 Å². The van der Waals surface area contributed by atoms with Crippen LogP contribution in [0.4, 0.5) is 0 Å². The van der Waals surface area contributed by atoms with Crippen LogP contribution in [0.5, 0.6) is 0 Å². The first-order valence-corrected chi connectivity index (χ1v) is 9.91. The Labute approximate surface area is 175 Å². The Morgan fingerprint density at radius 1 is 0.821 bits per heavy atom. The van der Waals surface area contributed by atoms with Crippen LogP contribution in [0.2, 0.25) is 0 Å². The number of aromatic amines is 2. The number of rotatable bonds is 5. The Hall–Kier alpha value is -2.71. The fraction of sp³-hybridized carbons (Fsp3) is 0.0500. The van der Waals surface area contributed by atoms with E-state index in [9.17, 15) is 14.4 Å². The van der Waals surface area contributed by atoms with Gasteiger partial charge in [0, 0.05) is 48.7 Å². The van der Waals surface area contributed by atoms with Crippen molar-refractivity contribution in [2.24, 2.45) is 0 Å². The number of amides is 1. The minimum absolute atomic E-state index is 0.262. The lowest BCUT2D eigenvalue weighted by molar-refractivity contribution is -0.116. The van der Waals surface area contributed by atoms with E-state index in [0.29, 0.717) is 10.9 Å². The highest BCUT2D eigenvalue weighted by molar-refractivity contribution is 9.10. The van der Waals surface area contributed by atoms with Gasteiger partial charge in [0.1, 0.15) is 0 Å². The molecule has 140 valence electrons. The highest BCUT2D eigenvalue weighted by Gasteiger charge is 2.21. The second-order valence-electron chi connectivity index (χ2n) is 6.22. The first kappa shape index (κ1) is 18.6. The van der Waals surface area contributed by atoms with Crippen molar-refractivity contribution in [1.29, 1.82) is 0 Å². The summed E-state index contributed by atoms with van der Waals surface area (Å²) in [7, 11) is 0. The van der Waals surface area contributed by atoms with Crippen molar-refractivity contribution in [1.82, 2.24) is 15.3 Å². The number of carbonyl (C=O) groups is 3. The molecule has 2 aromatic heterocycles. The molecule has 2 heterocycles. The number of H-pyrrole nitrogens is 2. The number of aromatic nitrogens is 2. The van der Waals surface area contributed by atoms with Gasteiger partial charge >= 0.3 is 0 Å². The molecule has 8 heteroatoms. The van der Waals surface area contributed by atoms with Crippen LogP contribution in [0.15, 0.2) is 57.7 Å². The molecule has 0 unspecified atom stereocenters. The number of hydrogen-bond donors (Lipinski definition) is 3. The van der Waals surface area contributed by atoms with Crippen LogP contribution < -0.4 is 5.32 Å². The average molecular weight is 503 g/mol. The summed E-state index contributed by atoms with van der Waals surface area (Å²) in [5.74, 6) is -1.79. The molecule has 0 radical (unpaired) electrons. The quantitative estimate of drug-likeness (QED) is 0.279. The normalized spacial score (nSPS) is 11.1. The molecule has 0 aliphatic carbocycles. The summed E-state index contributed by atoms with van der Waals surface area (Å²) in [4.78, 5) is 43.3. The third-order valence-corrected chi connectivity index (χ3v) is 5.43. The topological polar surface area (TPSA) is 94.8 Å². The minimum Gasteiger partial charge on any atom is -0.360 e. The van der Waals surface area contributed by atoms with E-state index in [1.807, 2.05) is 24.3 Å². The van der Waals surface area contributed by atoms with Crippen molar-refractivity contribution in [3.05, 3.63) is 68.9 Å². The zero-order valence-corrected chi connectivity index (χ0v) is 17.5. The second kappa shape index (κ2) is 7.37. The summed E-state index contributed by atoms with van der Waals surface area (Å²) in [6.07, 6.45) is 3.10. The van der Waals surface area contributed by atoms with Gasteiger partial charge in [-0.25, -0.2) is 0 Å². The molecule has 2 aromatic carbocycles. The van der Waals surface area contributed by atoms with E-state index in [4.69, 9.17) is 0 Å². The molecule has 0 spiro atoms. The lowest BCUT2D eigenvalue weighted by Gasteiger charge is -2.03. The average Bonchev–Trinajstić information content (AvgIpc) is 3.28. The third-order valence-electron chi connectivity index (χ3n) is 4.45. The fourth-order valence-corrected chi connectivity index (χ4v) is 3.80. The molecule has 0 aliphatic rings. The van der Waals surface area contributed by atoms with Gasteiger partial charge in [0.05, 0.1) is 12.1 Å². The molecule has 0 aliphatic heterocycles. The summed E-state index contributed by atoms with van der Waals surface area (Å²) in [5.41, 5.74) is 2.29. The van der Waals surface area contributed by atoms with Crippen LogP contribution in [-0.2, 0) is 4.79 Å². The molecule has 6 nitrogen and oxygen atoms in total. The first-order chi connectivity index (χ1) is 13.4. The number of nitrogens with one attached hydrogen (secondary N) is 3. The fourth-order valence-electron chi connectivity index (χ4n) is 3.07. The van der Waals surface area contributed by atoms with Crippen LogP contribution in [0.1, 0.15) is 20.7 Å². The van der Waals surface area contributed by atoms with Crippen LogP contribution in [-0.4, -0.2) is 34.0 Å². The van der Waals surface area contributed by atoms with E-state index in [1.165, 1.54) is 6.20 Å². The van der Waals surface area contributed by atoms with E-state index in [2.05, 4.69) is 47.1 Å². The Morgan fingerprint density at radius 2 is 1.36 bits per heavy atom. The Balaban J connectivity index is 1.48. The van der Waals surface area contributed by atoms with Crippen molar-refractivity contribution in [2.45, 2.75) is 0 Å². The summed E-state index contributed by atoms with van der Waals surface area (Å²) in [6.45, 7) is -0.262. The lowest BCUT2D eigenvalue weighted by atomic mass is 10.1. The maximum absolute atomic E-state index is 12.5. The molecule has 3 N–H and O–H groups in total. The molecule has 0 bridgehead atoms. The maximum Gasteiger partial charge on any atom is 0.292 e. The minimum atomic E-state index is -0.820. The highest BCUT2D eigenvalue weighted by atomic mass is 79.9. The SMILES string of the molecule is O=C(NCC(=O)c1c[nH]c2cc(Br)ccc12)C(=O)c1c[nH]c2cc(Br)ccc12. The zero-order chi connectivity index (χ0) is 19.8. The molecule has 28 heavy (non-hydrogen) atoms. The maximum atomic E-state index is 12.5. The molecular weight excluding hydrogens is 490 g/mol. The summed E-state index contributed by atoms with van der Waals surface area (Å²) in [6, 6.07) is 10.9. The van der Waals surface area contributed by atoms with Crippen LogP contribution in [0.3, 0.4) is 0 Å². The van der Waals surface area contributed by atoms with Crippen molar-refractivity contribution < 1.29 is 14.4 Å². The second-order valence-corrected chi connectivity index (χ2v) is 8.05. The number of Topliss-reactive ketones (excluding diaryl/α,β-unsaturated/α-hetero) is 2. The molecule has 0 saturated heterocycles. The number of halogens is 2. The number of hydrogen-bond acceptors (Lipinski definition) is 3. The van der Waals surface area contributed by atoms with E-state index in [1.54, 1.807) is 18.3 Å². The molecule has 4 rings (SSSR count). The van der Waals surface area contributed by atoms with Gasteiger partial charge < -0.3 is 15.3 Å². The molecule has 0 fully saturated rings. The van der Waals surface area contributed by atoms with Gasteiger partial charge in [0.25, 0.3) is 11.7 Å². The van der Waals surface area contributed by atoms with Gasteiger partial charge in [-0.2, -0.15) is 0 Å². The van der Waals surface area contributed by atoms with Gasteiger partial charge in [-0.05, 0) is 24.3 Å². The largest absolute Gasteiger partial charge is 0.360 e. The van der Waals surface area contributed by atoms with Gasteiger partial charge in [-0.15, -0.1) is 0 Å². The number of ketones is 2. The number of carbonyl (C=O) groups excluding carboxylic acids is 3. The molecule has 1 amide bonds. The van der Waals surface area contributed by atoms with Crippen molar-refractivity contribution in [2.75, 3.05) is 6.54 Å². The summed E-state index contributed by atoms with van der Waals surface area (Å²) >= 11 is 6.74. The van der Waals surface area contributed by atoms with Gasteiger partial charge in [0.15, 0.2) is 5.78 Å². The Kier molecular flexibility index (Phi) is 4.91. The lowest BCUT2D eigenvalue weighted by Crippen LogP contribution is -2.35. The Bertz CT molecular complexity index is 1260. The standard InChI is InChI=1S/C20H13Br2N3O3/c21-10-1-3-12-14(7-23-16(12)5-10)18(26)9-25-20(28)19(27)15-8-24-17-6-11(22)2-4-13(15)17/h1-8,23-24H,9H2,(H,25,28). The van der Waals surface area contributed by atoms with E-state index in [0.717, 1.165) is 25.4 Å². The summed E-state index contributed by atoms with van der Waals surface area (Å²) < 4.78 is 1.76. The predicted molar refractivity (Wildman–Crippen MR) is 114 cm³/mol. The molecule has 4 aromatic rings. The third kappa shape index (κ3) is 3.41. The highest BCUT2D eigenvalue weighted by Crippen LogP contribution is 2.24. The number of benzene rings is 2. The monoisotopic (exact) mass is 501 g/mol. The number of fused-ring (bicyclic) bond motifs is 2. The van der Waals surface area contributed by atoms with Crippen LogP contribution >= 0.6 is 31.9 Å². The van der Waals surface area contributed by atoms with E-state index < -0.39 is 11.7 Å². The van der Waals surface area contributed by atoms with E-state index in [-0.39, 0.29) is 17.9 Å².